The van der Waals surface area contributed by atoms with Gasteiger partial charge in [-0.2, -0.15) is 0 Å². The Bertz CT molecular complexity index is 841. The molecule has 2 N–H and O–H groups in total. The van der Waals surface area contributed by atoms with Crippen molar-refractivity contribution in [2.45, 2.75) is 33.2 Å². The first-order valence-electron chi connectivity index (χ1n) is 10.5. The van der Waals surface area contributed by atoms with E-state index in [1.807, 2.05) is 57.2 Å². The first kappa shape index (κ1) is 21.8. The van der Waals surface area contributed by atoms with E-state index in [0.717, 1.165) is 43.2 Å². The Hall–Kier alpha value is -2.86. The number of rotatable bonds is 7. The van der Waals surface area contributed by atoms with E-state index in [-0.39, 0.29) is 17.7 Å². The largest absolute Gasteiger partial charge is 0.378 e. The summed E-state index contributed by atoms with van der Waals surface area (Å²) >= 11 is 0. The second-order valence-corrected chi connectivity index (χ2v) is 8.16. The van der Waals surface area contributed by atoms with Gasteiger partial charge >= 0.3 is 0 Å². The molecule has 0 spiro atoms. The van der Waals surface area contributed by atoms with Crippen molar-refractivity contribution >= 4 is 23.2 Å². The Kier molecular flexibility index (Phi) is 7.46. The first-order valence-corrected chi connectivity index (χ1v) is 10.5. The van der Waals surface area contributed by atoms with Crippen molar-refractivity contribution in [3.05, 3.63) is 59.7 Å². The third kappa shape index (κ3) is 6.07. The number of carbonyl (C=O) groups is 2. The van der Waals surface area contributed by atoms with Crippen LogP contribution >= 0.6 is 0 Å². The Morgan fingerprint density at radius 3 is 2.23 bits per heavy atom. The molecule has 1 saturated heterocycles. The minimum atomic E-state index is -0.599. The average Bonchev–Trinajstić information content (AvgIpc) is 2.74. The van der Waals surface area contributed by atoms with Crippen molar-refractivity contribution in [1.29, 1.82) is 0 Å². The summed E-state index contributed by atoms with van der Waals surface area (Å²) in [7, 11) is 0. The number of nitrogens with zero attached hydrogens (tertiary/aromatic N) is 1. The molecule has 1 aliphatic heterocycles. The van der Waals surface area contributed by atoms with Gasteiger partial charge in [-0.15, -0.1) is 0 Å². The lowest BCUT2D eigenvalue weighted by Gasteiger charge is -2.29. The Balaban J connectivity index is 1.64. The minimum Gasteiger partial charge on any atom is -0.378 e. The fourth-order valence-corrected chi connectivity index (χ4v) is 3.46. The molecular formula is C24H31N3O3. The SMILES string of the molecule is Cc1ccc(C(=O)N[C@@H](CC(C)C)C(=O)Nc2ccc(N3CCOCC3)cc2)cc1. The molecule has 0 bridgehead atoms. The number of nitrogens with one attached hydrogen (secondary N) is 2. The fraction of sp³-hybridized carbons (Fsp3) is 0.417. The van der Waals surface area contributed by atoms with Crippen LogP contribution in [0.5, 0.6) is 0 Å². The van der Waals surface area contributed by atoms with E-state index in [4.69, 9.17) is 4.74 Å². The molecule has 6 nitrogen and oxygen atoms in total. The molecule has 2 aromatic rings. The van der Waals surface area contributed by atoms with Gasteiger partial charge in [-0.3, -0.25) is 9.59 Å². The zero-order chi connectivity index (χ0) is 21.5. The summed E-state index contributed by atoms with van der Waals surface area (Å²) in [4.78, 5) is 27.8. The maximum Gasteiger partial charge on any atom is 0.251 e. The van der Waals surface area contributed by atoms with Crippen LogP contribution in [0, 0.1) is 12.8 Å². The van der Waals surface area contributed by atoms with Crippen molar-refractivity contribution < 1.29 is 14.3 Å². The third-order valence-corrected chi connectivity index (χ3v) is 5.15. The van der Waals surface area contributed by atoms with Crippen LogP contribution in [0.25, 0.3) is 0 Å². The van der Waals surface area contributed by atoms with Gasteiger partial charge in [0.15, 0.2) is 0 Å². The predicted octanol–water partition coefficient (Wildman–Crippen LogP) is 3.61. The second-order valence-electron chi connectivity index (χ2n) is 8.16. The molecule has 0 aliphatic carbocycles. The van der Waals surface area contributed by atoms with Crippen molar-refractivity contribution in [3.63, 3.8) is 0 Å². The van der Waals surface area contributed by atoms with Crippen LogP contribution < -0.4 is 15.5 Å². The molecule has 1 aliphatic rings. The average molecular weight is 410 g/mol. The van der Waals surface area contributed by atoms with Crippen LogP contribution in [0.2, 0.25) is 0 Å². The summed E-state index contributed by atoms with van der Waals surface area (Å²) in [5, 5.41) is 5.84. The molecule has 0 radical (unpaired) electrons. The summed E-state index contributed by atoms with van der Waals surface area (Å²) in [5.74, 6) is -0.176. The molecule has 6 heteroatoms. The Morgan fingerprint density at radius 1 is 1.00 bits per heavy atom. The number of anilines is 2. The molecule has 2 aromatic carbocycles. The van der Waals surface area contributed by atoms with Crippen LogP contribution in [0.1, 0.15) is 36.2 Å². The number of aryl methyl sites for hydroxylation is 1. The lowest BCUT2D eigenvalue weighted by atomic mass is 10.0. The summed E-state index contributed by atoms with van der Waals surface area (Å²) in [6, 6.07) is 14.5. The zero-order valence-electron chi connectivity index (χ0n) is 18.0. The van der Waals surface area contributed by atoms with Crippen LogP contribution in [0.4, 0.5) is 11.4 Å². The van der Waals surface area contributed by atoms with Gasteiger partial charge in [-0.1, -0.05) is 31.5 Å². The smallest absolute Gasteiger partial charge is 0.251 e. The van der Waals surface area contributed by atoms with Gasteiger partial charge in [-0.25, -0.2) is 0 Å². The molecule has 160 valence electrons. The lowest BCUT2D eigenvalue weighted by Crippen LogP contribution is -2.44. The fourth-order valence-electron chi connectivity index (χ4n) is 3.46. The molecule has 0 aromatic heterocycles. The van der Waals surface area contributed by atoms with Gasteiger partial charge in [0.25, 0.3) is 5.91 Å². The standard InChI is InChI=1S/C24H31N3O3/c1-17(2)16-22(26-23(28)19-6-4-18(3)5-7-19)24(29)25-20-8-10-21(11-9-20)27-12-14-30-15-13-27/h4-11,17,22H,12-16H2,1-3H3,(H,25,29)(H,26,28)/t22-/m0/s1. The van der Waals surface area contributed by atoms with Crippen LogP contribution in [0.15, 0.2) is 48.5 Å². The molecule has 3 rings (SSSR count). The number of ether oxygens (including phenoxy) is 1. The van der Waals surface area contributed by atoms with Gasteiger partial charge in [0.05, 0.1) is 13.2 Å². The molecule has 1 fully saturated rings. The van der Waals surface area contributed by atoms with Crippen molar-refractivity contribution in [2.75, 3.05) is 36.5 Å². The highest BCUT2D eigenvalue weighted by atomic mass is 16.5. The third-order valence-electron chi connectivity index (χ3n) is 5.15. The van der Waals surface area contributed by atoms with Gasteiger partial charge in [0.1, 0.15) is 6.04 Å². The Labute approximate surface area is 178 Å². The predicted molar refractivity (Wildman–Crippen MR) is 120 cm³/mol. The summed E-state index contributed by atoms with van der Waals surface area (Å²) < 4.78 is 5.39. The highest BCUT2D eigenvalue weighted by Gasteiger charge is 2.23. The normalized spacial score (nSPS) is 15.0. The van der Waals surface area contributed by atoms with E-state index in [9.17, 15) is 9.59 Å². The lowest BCUT2D eigenvalue weighted by molar-refractivity contribution is -0.118. The molecular weight excluding hydrogens is 378 g/mol. The summed E-state index contributed by atoms with van der Waals surface area (Å²) in [6.45, 7) is 9.25. The molecule has 1 heterocycles. The van der Waals surface area contributed by atoms with Gasteiger partial charge in [-0.05, 0) is 55.7 Å². The highest BCUT2D eigenvalue weighted by Crippen LogP contribution is 2.19. The molecule has 0 unspecified atom stereocenters. The zero-order valence-corrected chi connectivity index (χ0v) is 18.0. The summed E-state index contributed by atoms with van der Waals surface area (Å²) in [6.07, 6.45) is 0.565. The van der Waals surface area contributed by atoms with Crippen molar-refractivity contribution in [1.82, 2.24) is 5.32 Å². The van der Waals surface area contributed by atoms with Crippen molar-refractivity contribution in [2.24, 2.45) is 5.92 Å². The van der Waals surface area contributed by atoms with E-state index < -0.39 is 6.04 Å². The number of amides is 2. The van der Waals surface area contributed by atoms with E-state index >= 15 is 0 Å². The Morgan fingerprint density at radius 2 is 1.63 bits per heavy atom. The van der Waals surface area contributed by atoms with Crippen molar-refractivity contribution in [3.8, 4) is 0 Å². The van der Waals surface area contributed by atoms with Crippen LogP contribution in [0.3, 0.4) is 0 Å². The number of carbonyl (C=O) groups excluding carboxylic acids is 2. The molecule has 30 heavy (non-hydrogen) atoms. The monoisotopic (exact) mass is 409 g/mol. The second kappa shape index (κ2) is 10.3. The highest BCUT2D eigenvalue weighted by molar-refractivity contribution is 6.01. The number of morpholine rings is 1. The van der Waals surface area contributed by atoms with E-state index in [1.54, 1.807) is 12.1 Å². The topological polar surface area (TPSA) is 70.7 Å². The van der Waals surface area contributed by atoms with Gasteiger partial charge < -0.3 is 20.3 Å². The molecule has 2 amide bonds. The van der Waals surface area contributed by atoms with Crippen LogP contribution in [-0.2, 0) is 9.53 Å². The molecule has 0 saturated carbocycles. The number of hydrogen-bond acceptors (Lipinski definition) is 4. The quantitative estimate of drug-likeness (QED) is 0.733. The van der Waals surface area contributed by atoms with E-state index in [1.165, 1.54) is 0 Å². The molecule has 1 atom stereocenters. The van der Waals surface area contributed by atoms with E-state index in [2.05, 4.69) is 15.5 Å². The number of hydrogen-bond donors (Lipinski definition) is 2. The first-order chi connectivity index (χ1) is 14.4. The number of benzene rings is 2. The summed E-state index contributed by atoms with van der Waals surface area (Å²) in [5.41, 5.74) is 3.47. The van der Waals surface area contributed by atoms with E-state index in [0.29, 0.717) is 12.0 Å². The van der Waals surface area contributed by atoms with Gasteiger partial charge in [0, 0.05) is 30.0 Å². The minimum absolute atomic E-state index is 0.205. The van der Waals surface area contributed by atoms with Crippen LogP contribution in [-0.4, -0.2) is 44.2 Å². The maximum atomic E-state index is 12.9. The maximum absolute atomic E-state index is 12.9. The van der Waals surface area contributed by atoms with Gasteiger partial charge in [0.2, 0.25) is 5.91 Å².